The van der Waals surface area contributed by atoms with Crippen molar-refractivity contribution in [1.29, 1.82) is 0 Å². The van der Waals surface area contributed by atoms with Gasteiger partial charge in [0.2, 0.25) is 0 Å². The summed E-state index contributed by atoms with van der Waals surface area (Å²) in [5.74, 6) is 0.0725. The number of amides is 1. The molecule has 1 aromatic heterocycles. The van der Waals surface area contributed by atoms with Crippen molar-refractivity contribution in [2.24, 2.45) is 0 Å². The van der Waals surface area contributed by atoms with E-state index >= 15 is 0 Å². The Morgan fingerprint density at radius 1 is 1.31 bits per heavy atom. The van der Waals surface area contributed by atoms with E-state index in [1.54, 1.807) is 0 Å². The van der Waals surface area contributed by atoms with Crippen LogP contribution in [0.4, 0.5) is 15.4 Å². The molecule has 4 N–H and O–H groups in total. The molecule has 0 fully saturated rings. The maximum Gasteiger partial charge on any atom is 0.432 e. The molecular formula is C8H10N4O4. The fraction of sp³-hybridized carbons (Fsp3) is 0.375. The number of carbonyl (C=O) groups is 2. The van der Waals surface area contributed by atoms with Gasteiger partial charge in [-0.1, -0.05) is 0 Å². The lowest BCUT2D eigenvalue weighted by Gasteiger charge is -2.24. The molecule has 1 aliphatic rings. The third-order valence-corrected chi connectivity index (χ3v) is 2.54. The highest BCUT2D eigenvalue weighted by Crippen LogP contribution is 2.23. The number of anilines is 1. The van der Waals surface area contributed by atoms with Crippen molar-refractivity contribution in [2.45, 2.75) is 13.0 Å². The molecule has 0 spiro atoms. The summed E-state index contributed by atoms with van der Waals surface area (Å²) < 4.78 is 0.809. The number of hydrogen-bond donors (Lipinski definition) is 3. The van der Waals surface area contributed by atoms with Gasteiger partial charge in [0, 0.05) is 18.5 Å². The monoisotopic (exact) mass is 226 g/mol. The van der Waals surface area contributed by atoms with Gasteiger partial charge in [0.1, 0.15) is 0 Å². The molecule has 16 heavy (non-hydrogen) atoms. The number of fused-ring (bicyclic) bond motifs is 1. The van der Waals surface area contributed by atoms with Gasteiger partial charge in [-0.2, -0.15) is 4.68 Å². The minimum absolute atomic E-state index is 0.0725. The second-order valence-electron chi connectivity index (χ2n) is 3.46. The van der Waals surface area contributed by atoms with E-state index < -0.39 is 12.2 Å². The number of nitrogens with two attached hydrogens (primary N) is 1. The lowest BCUT2D eigenvalue weighted by atomic mass is 10.1. The molecule has 0 aliphatic carbocycles. The van der Waals surface area contributed by atoms with Gasteiger partial charge in [-0.15, -0.1) is 5.10 Å². The van der Waals surface area contributed by atoms with E-state index in [4.69, 9.17) is 15.9 Å². The Labute approximate surface area is 89.9 Å². The van der Waals surface area contributed by atoms with Gasteiger partial charge >= 0.3 is 12.2 Å². The Morgan fingerprint density at radius 3 is 2.56 bits per heavy atom. The van der Waals surface area contributed by atoms with Gasteiger partial charge < -0.3 is 20.8 Å². The third kappa shape index (κ3) is 1.44. The number of nitrogens with zero attached hydrogens (tertiary/aromatic N) is 3. The normalized spacial score (nSPS) is 14.6. The van der Waals surface area contributed by atoms with Gasteiger partial charge in [0.25, 0.3) is 0 Å². The van der Waals surface area contributed by atoms with Crippen LogP contribution in [0.3, 0.4) is 0 Å². The topological polar surface area (TPSA) is 122 Å². The second-order valence-corrected chi connectivity index (χ2v) is 3.46. The van der Waals surface area contributed by atoms with Gasteiger partial charge in [0.05, 0.1) is 12.2 Å². The van der Waals surface area contributed by atoms with Crippen LogP contribution < -0.4 is 5.73 Å². The quantitative estimate of drug-likeness (QED) is 0.573. The Hall–Kier alpha value is -2.25. The zero-order valence-electron chi connectivity index (χ0n) is 8.25. The highest BCUT2D eigenvalue weighted by molar-refractivity contribution is 5.71. The first-order valence-corrected chi connectivity index (χ1v) is 4.58. The zero-order chi connectivity index (χ0) is 11.9. The van der Waals surface area contributed by atoms with Crippen molar-refractivity contribution in [3.63, 3.8) is 0 Å². The summed E-state index contributed by atoms with van der Waals surface area (Å²) >= 11 is 0. The van der Waals surface area contributed by atoms with E-state index in [2.05, 4.69) is 5.10 Å². The predicted molar refractivity (Wildman–Crippen MR) is 52.2 cm³/mol. The molecule has 0 bridgehead atoms. The first-order valence-electron chi connectivity index (χ1n) is 4.58. The molecule has 1 amide bonds. The molecular weight excluding hydrogens is 216 g/mol. The Kier molecular flexibility index (Phi) is 2.18. The van der Waals surface area contributed by atoms with Crippen LogP contribution in [0.15, 0.2) is 0 Å². The zero-order valence-corrected chi connectivity index (χ0v) is 8.25. The molecule has 8 nitrogen and oxygen atoms in total. The molecule has 1 aliphatic heterocycles. The van der Waals surface area contributed by atoms with Crippen molar-refractivity contribution < 1.29 is 19.8 Å². The SMILES string of the molecule is Nc1nn(C(=O)O)c2c1CN(C(=O)O)CC2. The lowest BCUT2D eigenvalue weighted by molar-refractivity contribution is 0.139. The highest BCUT2D eigenvalue weighted by atomic mass is 16.4. The van der Waals surface area contributed by atoms with Crippen molar-refractivity contribution in [2.75, 3.05) is 12.3 Å². The van der Waals surface area contributed by atoms with Crippen LogP contribution in [0.5, 0.6) is 0 Å². The highest BCUT2D eigenvalue weighted by Gasteiger charge is 2.28. The summed E-state index contributed by atoms with van der Waals surface area (Å²) in [6, 6.07) is 0. The van der Waals surface area contributed by atoms with Crippen LogP contribution in [0, 0.1) is 0 Å². The average Bonchev–Trinajstić information content (AvgIpc) is 2.56. The van der Waals surface area contributed by atoms with Crippen LogP contribution in [-0.2, 0) is 13.0 Å². The summed E-state index contributed by atoms with van der Waals surface area (Å²) in [7, 11) is 0. The van der Waals surface area contributed by atoms with Crippen molar-refractivity contribution >= 4 is 18.0 Å². The second kappa shape index (κ2) is 3.40. The van der Waals surface area contributed by atoms with Crippen LogP contribution in [0.2, 0.25) is 0 Å². The van der Waals surface area contributed by atoms with Gasteiger partial charge in [-0.25, -0.2) is 9.59 Å². The molecule has 8 heteroatoms. The third-order valence-electron chi connectivity index (χ3n) is 2.54. The Bertz CT molecular complexity index is 467. The number of aromatic nitrogens is 2. The van der Waals surface area contributed by atoms with E-state index in [0.29, 0.717) is 17.7 Å². The lowest BCUT2D eigenvalue weighted by Crippen LogP contribution is -2.35. The van der Waals surface area contributed by atoms with Gasteiger partial charge in [0.15, 0.2) is 5.82 Å². The number of nitrogen functional groups attached to an aromatic ring is 1. The molecule has 0 radical (unpaired) electrons. The van der Waals surface area contributed by atoms with Crippen LogP contribution >= 0.6 is 0 Å². The maximum atomic E-state index is 10.8. The number of hydrogen-bond acceptors (Lipinski definition) is 4. The summed E-state index contributed by atoms with van der Waals surface area (Å²) in [6.07, 6.45) is -1.96. The van der Waals surface area contributed by atoms with Crippen molar-refractivity contribution in [3.05, 3.63) is 11.3 Å². The molecule has 0 aromatic carbocycles. The molecule has 2 rings (SSSR count). The fourth-order valence-electron chi connectivity index (χ4n) is 1.77. The van der Waals surface area contributed by atoms with Crippen molar-refractivity contribution in [3.8, 4) is 0 Å². The Balaban J connectivity index is 2.40. The van der Waals surface area contributed by atoms with Gasteiger partial charge in [-0.3, -0.25) is 0 Å². The van der Waals surface area contributed by atoms with E-state index in [-0.39, 0.29) is 18.9 Å². The fourth-order valence-corrected chi connectivity index (χ4v) is 1.77. The number of rotatable bonds is 0. The molecule has 0 atom stereocenters. The molecule has 0 unspecified atom stereocenters. The first-order chi connectivity index (χ1) is 7.50. The molecule has 0 saturated carbocycles. The largest absolute Gasteiger partial charge is 0.465 e. The molecule has 0 saturated heterocycles. The predicted octanol–water partition coefficient (Wildman–Crippen LogP) is 0.0275. The first kappa shape index (κ1) is 10.3. The summed E-state index contributed by atoms with van der Waals surface area (Å²) in [5, 5.41) is 21.3. The van der Waals surface area contributed by atoms with Gasteiger partial charge in [-0.05, 0) is 0 Å². The Morgan fingerprint density at radius 2 is 2.00 bits per heavy atom. The van der Waals surface area contributed by atoms with E-state index in [1.165, 1.54) is 4.90 Å². The maximum absolute atomic E-state index is 10.8. The van der Waals surface area contributed by atoms with E-state index in [0.717, 1.165) is 4.68 Å². The smallest absolute Gasteiger partial charge is 0.432 e. The molecule has 2 heterocycles. The summed E-state index contributed by atoms with van der Waals surface area (Å²) in [5.41, 5.74) is 6.50. The van der Waals surface area contributed by atoms with Crippen molar-refractivity contribution in [1.82, 2.24) is 14.7 Å². The van der Waals surface area contributed by atoms with Crippen LogP contribution in [0.1, 0.15) is 11.3 Å². The van der Waals surface area contributed by atoms with E-state index in [1.807, 2.05) is 0 Å². The minimum Gasteiger partial charge on any atom is -0.465 e. The summed E-state index contributed by atoms with van der Waals surface area (Å²) in [6.45, 7) is 0.338. The summed E-state index contributed by atoms with van der Waals surface area (Å²) in [4.78, 5) is 22.7. The molecule has 1 aromatic rings. The average molecular weight is 226 g/mol. The van der Waals surface area contributed by atoms with Crippen LogP contribution in [0.25, 0.3) is 0 Å². The van der Waals surface area contributed by atoms with Crippen LogP contribution in [-0.4, -0.2) is 43.6 Å². The standard InChI is InChI=1S/C8H10N4O4/c9-6-4-3-11(7(13)14)2-1-5(4)12(10-6)8(15)16/h1-3H2,(H2,9,10)(H,13,14)(H,15,16). The minimum atomic E-state index is -1.21. The van der Waals surface area contributed by atoms with E-state index in [9.17, 15) is 9.59 Å². The molecule has 86 valence electrons. The number of carboxylic acid groups (broad SMARTS) is 2.